The van der Waals surface area contributed by atoms with E-state index in [2.05, 4.69) is 16.3 Å². The number of carbonyl (C=O) groups is 1. The Morgan fingerprint density at radius 3 is 2.77 bits per heavy atom. The summed E-state index contributed by atoms with van der Waals surface area (Å²) in [6.45, 7) is 1.12. The van der Waals surface area contributed by atoms with Gasteiger partial charge in [0.25, 0.3) is 0 Å². The van der Waals surface area contributed by atoms with E-state index in [1.165, 1.54) is 18.4 Å². The summed E-state index contributed by atoms with van der Waals surface area (Å²) < 4.78 is 7.41. The molecule has 1 aliphatic carbocycles. The molecule has 30 heavy (non-hydrogen) atoms. The Labute approximate surface area is 176 Å². The van der Waals surface area contributed by atoms with Crippen molar-refractivity contribution in [2.75, 3.05) is 30.4 Å². The fourth-order valence-electron chi connectivity index (χ4n) is 4.21. The Balaban J connectivity index is 1.38. The van der Waals surface area contributed by atoms with Crippen LogP contribution in [-0.2, 0) is 11.2 Å². The molecule has 5 rings (SSSR count). The van der Waals surface area contributed by atoms with Crippen LogP contribution in [0.1, 0.15) is 36.4 Å². The Bertz CT molecular complexity index is 1040. The molecule has 2 aromatic carbocycles. The average molecular weight is 402 g/mol. The number of carbonyl (C=O) groups excluding carboxylic acids is 1. The first kappa shape index (κ1) is 18.7. The first-order valence-corrected chi connectivity index (χ1v) is 10.6. The first-order chi connectivity index (χ1) is 14.7. The van der Waals surface area contributed by atoms with Crippen LogP contribution in [0.5, 0.6) is 5.75 Å². The molecule has 3 aromatic rings. The molecule has 1 saturated carbocycles. The number of aryl methyl sites for hydroxylation is 1. The number of methoxy groups -OCH3 is 1. The van der Waals surface area contributed by atoms with Crippen LogP contribution in [0.3, 0.4) is 0 Å². The van der Waals surface area contributed by atoms with E-state index in [4.69, 9.17) is 9.84 Å². The molecule has 154 valence electrons. The van der Waals surface area contributed by atoms with Gasteiger partial charge in [0.15, 0.2) is 0 Å². The van der Waals surface area contributed by atoms with Gasteiger partial charge in [-0.05, 0) is 49.4 Å². The summed E-state index contributed by atoms with van der Waals surface area (Å²) in [5, 5.41) is 7.88. The van der Waals surface area contributed by atoms with Gasteiger partial charge in [-0.25, -0.2) is 4.68 Å². The number of fused-ring (bicyclic) bond motifs is 1. The van der Waals surface area contributed by atoms with Crippen molar-refractivity contribution in [1.29, 1.82) is 0 Å². The van der Waals surface area contributed by atoms with Crippen LogP contribution in [-0.4, -0.2) is 35.9 Å². The molecule has 2 aliphatic rings. The summed E-state index contributed by atoms with van der Waals surface area (Å²) in [6.07, 6.45) is 4.38. The van der Waals surface area contributed by atoms with Crippen LogP contribution in [0.25, 0.3) is 5.69 Å². The van der Waals surface area contributed by atoms with Crippen LogP contribution in [0, 0.1) is 0 Å². The molecular weight excluding hydrogens is 376 g/mol. The fourth-order valence-corrected chi connectivity index (χ4v) is 4.21. The van der Waals surface area contributed by atoms with E-state index in [9.17, 15) is 4.79 Å². The summed E-state index contributed by atoms with van der Waals surface area (Å²) in [5.41, 5.74) is 4.28. The minimum Gasteiger partial charge on any atom is -0.495 e. The number of rotatable bonds is 6. The van der Waals surface area contributed by atoms with Crippen LogP contribution >= 0.6 is 0 Å². The molecule has 1 aromatic heterocycles. The number of nitrogens with one attached hydrogen (secondary N) is 1. The van der Waals surface area contributed by atoms with Crippen molar-refractivity contribution in [1.82, 2.24) is 9.78 Å². The average Bonchev–Trinajstić information content (AvgIpc) is 3.55. The quantitative estimate of drug-likeness (QED) is 0.673. The van der Waals surface area contributed by atoms with E-state index in [1.807, 2.05) is 53.2 Å². The highest BCUT2D eigenvalue weighted by Gasteiger charge is 2.28. The van der Waals surface area contributed by atoms with Crippen LogP contribution in [0.2, 0.25) is 0 Å². The SMILES string of the molecule is COc1cccc2c1N(CC(=O)Nc1cc(C3CC3)nn1-c1ccccc1)CCC2. The Morgan fingerprint density at radius 1 is 1.17 bits per heavy atom. The van der Waals surface area contributed by atoms with Gasteiger partial charge in [0.1, 0.15) is 11.6 Å². The molecule has 1 amide bonds. The van der Waals surface area contributed by atoms with Gasteiger partial charge >= 0.3 is 0 Å². The highest BCUT2D eigenvalue weighted by atomic mass is 16.5. The van der Waals surface area contributed by atoms with Gasteiger partial charge < -0.3 is 15.0 Å². The summed E-state index contributed by atoms with van der Waals surface area (Å²) in [5.74, 6) is 2.02. The van der Waals surface area contributed by atoms with Crippen molar-refractivity contribution in [2.24, 2.45) is 0 Å². The van der Waals surface area contributed by atoms with Crippen LogP contribution in [0.15, 0.2) is 54.6 Å². The van der Waals surface area contributed by atoms with Gasteiger partial charge in [-0.15, -0.1) is 0 Å². The number of hydrogen-bond donors (Lipinski definition) is 1. The highest BCUT2D eigenvalue weighted by molar-refractivity contribution is 5.94. The Morgan fingerprint density at radius 2 is 2.00 bits per heavy atom. The van der Waals surface area contributed by atoms with Gasteiger partial charge in [0.05, 0.1) is 30.7 Å². The van der Waals surface area contributed by atoms with Gasteiger partial charge in [0, 0.05) is 18.5 Å². The molecule has 0 unspecified atom stereocenters. The maximum Gasteiger partial charge on any atom is 0.245 e. The Kier molecular flexibility index (Phi) is 4.91. The van der Waals surface area contributed by atoms with Crippen molar-refractivity contribution in [3.05, 3.63) is 65.9 Å². The maximum atomic E-state index is 13.0. The summed E-state index contributed by atoms with van der Waals surface area (Å²) >= 11 is 0. The summed E-state index contributed by atoms with van der Waals surface area (Å²) in [7, 11) is 1.68. The number of anilines is 2. The number of ether oxygens (including phenoxy) is 1. The molecule has 1 aliphatic heterocycles. The molecule has 1 fully saturated rings. The van der Waals surface area contributed by atoms with Gasteiger partial charge in [-0.2, -0.15) is 5.10 Å². The lowest BCUT2D eigenvalue weighted by Gasteiger charge is -2.32. The largest absolute Gasteiger partial charge is 0.495 e. The zero-order chi connectivity index (χ0) is 20.5. The zero-order valence-electron chi connectivity index (χ0n) is 17.2. The van der Waals surface area contributed by atoms with E-state index in [0.29, 0.717) is 5.92 Å². The molecule has 6 nitrogen and oxygen atoms in total. The summed E-state index contributed by atoms with van der Waals surface area (Å²) in [4.78, 5) is 15.2. The molecule has 0 spiro atoms. The van der Waals surface area contributed by atoms with E-state index in [-0.39, 0.29) is 12.5 Å². The third-order valence-electron chi connectivity index (χ3n) is 5.82. The van der Waals surface area contributed by atoms with Crippen molar-refractivity contribution in [3.8, 4) is 11.4 Å². The number of hydrogen-bond acceptors (Lipinski definition) is 4. The zero-order valence-corrected chi connectivity index (χ0v) is 17.2. The van der Waals surface area contributed by atoms with Crippen molar-refractivity contribution in [3.63, 3.8) is 0 Å². The second-order valence-electron chi connectivity index (χ2n) is 8.02. The molecule has 0 bridgehead atoms. The monoisotopic (exact) mass is 402 g/mol. The molecule has 0 radical (unpaired) electrons. The van der Waals surface area contributed by atoms with Gasteiger partial charge in [-0.3, -0.25) is 4.79 Å². The van der Waals surface area contributed by atoms with Gasteiger partial charge in [-0.1, -0.05) is 30.3 Å². The predicted octanol–water partition coefficient (Wildman–Crippen LogP) is 4.15. The van der Waals surface area contributed by atoms with Crippen LogP contribution < -0.4 is 15.0 Å². The number of para-hydroxylation sites is 2. The normalized spacial score (nSPS) is 15.6. The fraction of sp³-hybridized carbons (Fsp3) is 0.333. The topological polar surface area (TPSA) is 59.4 Å². The third kappa shape index (κ3) is 3.65. The molecule has 2 heterocycles. The number of nitrogens with zero attached hydrogens (tertiary/aromatic N) is 3. The minimum absolute atomic E-state index is 0.0480. The van der Waals surface area contributed by atoms with Crippen LogP contribution in [0.4, 0.5) is 11.5 Å². The molecule has 1 N–H and O–H groups in total. The summed E-state index contributed by atoms with van der Waals surface area (Å²) in [6, 6.07) is 18.1. The first-order valence-electron chi connectivity index (χ1n) is 10.6. The second kappa shape index (κ2) is 7.86. The number of amides is 1. The highest BCUT2D eigenvalue weighted by Crippen LogP contribution is 2.40. The van der Waals surface area contributed by atoms with E-state index in [1.54, 1.807) is 7.11 Å². The lowest BCUT2D eigenvalue weighted by atomic mass is 10.0. The number of benzene rings is 2. The van der Waals surface area contributed by atoms with E-state index >= 15 is 0 Å². The van der Waals surface area contributed by atoms with E-state index < -0.39 is 0 Å². The molecule has 0 saturated heterocycles. The van der Waals surface area contributed by atoms with Crippen molar-refractivity contribution >= 4 is 17.4 Å². The standard InChI is InChI=1S/C24H26N4O2/c1-30-21-11-5-7-18-8-6-14-27(24(18)21)16-23(29)25-22-15-20(17-12-13-17)26-28(22)19-9-3-2-4-10-19/h2-5,7,9-11,15,17H,6,8,12-14,16H2,1H3,(H,25,29). The van der Waals surface area contributed by atoms with Crippen molar-refractivity contribution in [2.45, 2.75) is 31.6 Å². The predicted molar refractivity (Wildman–Crippen MR) is 118 cm³/mol. The lowest BCUT2D eigenvalue weighted by Crippen LogP contribution is -2.37. The molecule has 6 heteroatoms. The second-order valence-corrected chi connectivity index (χ2v) is 8.02. The van der Waals surface area contributed by atoms with Crippen molar-refractivity contribution < 1.29 is 9.53 Å². The smallest absolute Gasteiger partial charge is 0.245 e. The maximum absolute atomic E-state index is 13.0. The third-order valence-corrected chi connectivity index (χ3v) is 5.82. The minimum atomic E-state index is -0.0480. The Hall–Kier alpha value is -3.28. The number of aromatic nitrogens is 2. The molecular formula is C24H26N4O2. The molecule has 0 atom stereocenters. The van der Waals surface area contributed by atoms with E-state index in [0.717, 1.165) is 48.0 Å². The lowest BCUT2D eigenvalue weighted by molar-refractivity contribution is -0.115. The van der Waals surface area contributed by atoms with Gasteiger partial charge in [0.2, 0.25) is 5.91 Å².